The number of esters is 1. The van der Waals surface area contributed by atoms with Gasteiger partial charge >= 0.3 is 12.1 Å². The molecule has 61 heavy (non-hydrogen) atoms. The lowest BCUT2D eigenvalue weighted by Crippen LogP contribution is -2.48. The van der Waals surface area contributed by atoms with Crippen LogP contribution in [0.2, 0.25) is 0 Å². The molecule has 0 spiro atoms. The molecule has 14 heteroatoms. The zero-order chi connectivity index (χ0) is 44.5. The highest BCUT2D eigenvalue weighted by atomic mass is 16.6. The molecule has 1 amide bonds. The molecule has 1 aliphatic carbocycles. The number of methoxy groups -OCH3 is 1. The topological polar surface area (TPSA) is 170 Å². The number of ether oxygens (including phenoxy) is 3. The van der Waals surface area contributed by atoms with Gasteiger partial charge in [0.1, 0.15) is 12.0 Å². The van der Waals surface area contributed by atoms with Gasteiger partial charge in [0.05, 0.1) is 47.9 Å². The van der Waals surface area contributed by atoms with E-state index in [1.54, 1.807) is 28.6 Å². The van der Waals surface area contributed by atoms with Gasteiger partial charge in [-0.2, -0.15) is 0 Å². The van der Waals surface area contributed by atoms with E-state index in [1.807, 2.05) is 46.8 Å². The fraction of sp³-hybridized carbons (Fsp3) is 0.574. The molecule has 1 aromatic carbocycles. The third-order valence-corrected chi connectivity index (χ3v) is 11.5. The third kappa shape index (κ3) is 11.9. The second-order valence-corrected chi connectivity index (χ2v) is 15.1. The van der Waals surface area contributed by atoms with Crippen LogP contribution in [0.5, 0.6) is 5.75 Å². The summed E-state index contributed by atoms with van der Waals surface area (Å²) in [4.78, 5) is 70.6. The number of aliphatic hydroxyl groups excluding tert-OH is 1. The van der Waals surface area contributed by atoms with E-state index in [4.69, 9.17) is 19.2 Å². The summed E-state index contributed by atoms with van der Waals surface area (Å²) in [6.45, 7) is 13.9. The van der Waals surface area contributed by atoms with Crippen molar-refractivity contribution in [3.8, 4) is 17.1 Å². The molecule has 0 unspecified atom stereocenters. The molecule has 1 saturated carbocycles. The van der Waals surface area contributed by atoms with Crippen LogP contribution in [-0.2, 0) is 43.4 Å². The number of hydrogen-bond donors (Lipinski definition) is 2. The normalized spacial score (nSPS) is 16.2. The van der Waals surface area contributed by atoms with E-state index in [2.05, 4.69) is 10.2 Å². The summed E-state index contributed by atoms with van der Waals surface area (Å²) in [5.41, 5.74) is 5.08. The van der Waals surface area contributed by atoms with Crippen LogP contribution in [0.4, 0.5) is 4.79 Å². The Morgan fingerprint density at radius 1 is 0.984 bits per heavy atom. The highest BCUT2D eigenvalue weighted by molar-refractivity contribution is 5.90. The third-order valence-electron chi connectivity index (χ3n) is 11.5. The maximum atomic E-state index is 13.8. The summed E-state index contributed by atoms with van der Waals surface area (Å²) in [6.07, 6.45) is 10.4. The molecule has 3 fully saturated rings. The summed E-state index contributed by atoms with van der Waals surface area (Å²) in [5.74, 6) is 0.287. The second kappa shape index (κ2) is 24.5. The zero-order valence-electron chi connectivity index (χ0n) is 37.3. The van der Waals surface area contributed by atoms with Crippen LogP contribution in [0.1, 0.15) is 127 Å². The van der Waals surface area contributed by atoms with Crippen molar-refractivity contribution in [1.82, 2.24) is 24.7 Å². The van der Waals surface area contributed by atoms with Crippen molar-refractivity contribution in [3.63, 3.8) is 0 Å². The molecule has 14 nitrogen and oxygen atoms in total. The number of aliphatic hydroxyl groups is 1. The van der Waals surface area contributed by atoms with Gasteiger partial charge < -0.3 is 43.8 Å². The predicted octanol–water partition coefficient (Wildman–Crippen LogP) is 7.60. The van der Waals surface area contributed by atoms with E-state index in [9.17, 15) is 29.1 Å². The first-order chi connectivity index (χ1) is 29.7. The van der Waals surface area contributed by atoms with Crippen LogP contribution in [-0.4, -0.2) is 102 Å². The molecule has 2 N–H and O–H groups in total. The number of fused-ring (bicyclic) bond motifs is 4. The smallest absolute Gasteiger partial charge is 0.415 e. The highest BCUT2D eigenvalue weighted by Crippen LogP contribution is 2.38. The number of benzene rings is 1. The minimum atomic E-state index is -1.28. The van der Waals surface area contributed by atoms with Gasteiger partial charge in [-0.15, -0.1) is 0 Å². The first-order valence-corrected chi connectivity index (χ1v) is 22.3. The number of carbonyl (C=O) groups is 4. The Morgan fingerprint density at radius 3 is 2.28 bits per heavy atom. The number of nitrogens with zero attached hydrogens (tertiary/aromatic N) is 4. The molecule has 3 aromatic rings. The molecular formula is C47H67N5O9. The predicted molar refractivity (Wildman–Crippen MR) is 237 cm³/mol. The number of rotatable bonds is 13. The molecule has 2 aromatic heterocycles. The van der Waals surface area contributed by atoms with E-state index < -0.39 is 12.1 Å². The van der Waals surface area contributed by atoms with Crippen LogP contribution >= 0.6 is 0 Å². The summed E-state index contributed by atoms with van der Waals surface area (Å²) in [6, 6.07) is 7.68. The average molecular weight is 846 g/mol. The molecule has 0 radical (unpaired) electrons. The van der Waals surface area contributed by atoms with Crippen molar-refractivity contribution < 1.29 is 38.5 Å². The Hall–Kier alpha value is -4.92. The minimum absolute atomic E-state index is 0.0561. The molecule has 2 saturated heterocycles. The number of piperidine rings is 2. The summed E-state index contributed by atoms with van der Waals surface area (Å²) >= 11 is 0. The monoisotopic (exact) mass is 845 g/mol. The fourth-order valence-electron chi connectivity index (χ4n) is 8.33. The quantitative estimate of drug-likeness (QED) is 0.0769. The van der Waals surface area contributed by atoms with E-state index in [0.717, 1.165) is 67.1 Å². The summed E-state index contributed by atoms with van der Waals surface area (Å²) < 4.78 is 18.2. The number of hydrogen-bond acceptors (Lipinski definition) is 12. The molecule has 4 aliphatic rings. The zero-order valence-corrected chi connectivity index (χ0v) is 37.3. The Morgan fingerprint density at radius 2 is 1.69 bits per heavy atom. The number of pyridine rings is 2. The van der Waals surface area contributed by atoms with E-state index in [-0.39, 0.29) is 42.5 Å². The molecule has 1 atom stereocenters. The van der Waals surface area contributed by atoms with Gasteiger partial charge in [-0.25, -0.2) is 9.78 Å². The first kappa shape index (κ1) is 48.7. The van der Waals surface area contributed by atoms with Crippen molar-refractivity contribution in [2.45, 2.75) is 131 Å². The van der Waals surface area contributed by atoms with Crippen molar-refractivity contribution >= 4 is 35.5 Å². The molecule has 0 bridgehead atoms. The summed E-state index contributed by atoms with van der Waals surface area (Å²) in [5, 5.41) is 12.8. The molecule has 3 aliphatic heterocycles. The van der Waals surface area contributed by atoms with Crippen molar-refractivity contribution in [2.24, 2.45) is 0 Å². The van der Waals surface area contributed by atoms with Gasteiger partial charge in [0.2, 0.25) is 0 Å². The van der Waals surface area contributed by atoms with Crippen LogP contribution in [0.3, 0.4) is 0 Å². The number of carbonyl (C=O) groups excluding carboxylic acids is 4. The number of nitrogens with one attached hydrogen (secondary N) is 1. The van der Waals surface area contributed by atoms with Crippen molar-refractivity contribution in [1.29, 1.82) is 0 Å². The second-order valence-electron chi connectivity index (χ2n) is 15.1. The number of likely N-dealkylation sites (tertiary alicyclic amines) is 2. The van der Waals surface area contributed by atoms with Crippen LogP contribution in [0.15, 0.2) is 40.4 Å². The molecule has 5 heterocycles. The van der Waals surface area contributed by atoms with Crippen LogP contribution in [0.25, 0.3) is 22.3 Å². The van der Waals surface area contributed by atoms with Crippen LogP contribution in [0, 0.1) is 0 Å². The van der Waals surface area contributed by atoms with Gasteiger partial charge in [0.15, 0.2) is 12.4 Å². The van der Waals surface area contributed by atoms with Gasteiger partial charge in [-0.05, 0) is 107 Å². The number of likely N-dealkylation sites (N-methyl/N-ethyl adjacent to an activating group) is 1. The maximum absolute atomic E-state index is 13.8. The van der Waals surface area contributed by atoms with E-state index in [0.29, 0.717) is 73.1 Å². The highest BCUT2D eigenvalue weighted by Gasteiger charge is 2.32. The van der Waals surface area contributed by atoms with Gasteiger partial charge in [-0.1, -0.05) is 41.0 Å². The SMILES string of the molecule is CC.CC.CCc1c2c(nc3ccc(OC(=O)N4CCC(N5CCCCC5)CC4)cc13)-c1cc([C@@H](C=O)OC(=O)CNC)c(COC)c(=O)n1C2.O=CCCC(O)=C1CCC1. The van der Waals surface area contributed by atoms with E-state index >= 15 is 0 Å². The standard InChI is InChI=1S/C35H43N5O7.C8H12O2.2C2H6/c1-4-24-25-16-23(46-35(44)39-14-10-22(11-15-39)38-12-6-5-7-13-38)8-9-29(25)37-33-27(24)19-40-30(33)17-26(28(21-45-3)34(40)43)31(20-41)47-32(42)18-36-2;9-6-2-5-8(10)7-3-1-4-7;2*1-2/h8-9,16-17,20,22,31,36H,4-7,10-15,18-19,21H2,1-3H3;6,10H,1-5H2;2*1-2H3/t31-;;;/m1.../s1. The van der Waals surface area contributed by atoms with Crippen molar-refractivity contribution in [3.05, 3.63) is 68.2 Å². The lowest BCUT2D eigenvalue weighted by Gasteiger charge is -2.39. The average Bonchev–Trinajstić information content (AvgIpc) is 3.64. The molecule has 7 rings (SSSR count). The molecule has 334 valence electrons. The lowest BCUT2D eigenvalue weighted by atomic mass is 9.90. The number of amides is 1. The largest absolute Gasteiger partial charge is 0.512 e. The Bertz CT molecular complexity index is 2040. The fourth-order valence-corrected chi connectivity index (χ4v) is 8.33. The maximum Gasteiger partial charge on any atom is 0.415 e. The van der Waals surface area contributed by atoms with E-state index in [1.165, 1.54) is 32.8 Å². The number of aromatic nitrogens is 2. The Balaban J connectivity index is 0.000000505. The first-order valence-electron chi connectivity index (χ1n) is 22.3. The Labute approximate surface area is 360 Å². The number of allylic oxidation sites excluding steroid dienone is 2. The number of aryl methyl sites for hydroxylation is 1. The number of aldehydes is 2. The lowest BCUT2D eigenvalue weighted by molar-refractivity contribution is -0.151. The van der Waals surface area contributed by atoms with Gasteiger partial charge in [-0.3, -0.25) is 14.4 Å². The van der Waals surface area contributed by atoms with Crippen LogP contribution < -0.4 is 15.6 Å². The molecular weight excluding hydrogens is 779 g/mol. The van der Waals surface area contributed by atoms with Gasteiger partial charge in [0, 0.05) is 55.6 Å². The minimum Gasteiger partial charge on any atom is -0.512 e. The van der Waals surface area contributed by atoms with Crippen molar-refractivity contribution in [2.75, 3.05) is 46.9 Å². The van der Waals surface area contributed by atoms with Gasteiger partial charge in [0.25, 0.3) is 5.56 Å². The Kier molecular flexibility index (Phi) is 19.6. The summed E-state index contributed by atoms with van der Waals surface area (Å²) in [7, 11) is 3.06.